The lowest BCUT2D eigenvalue weighted by Crippen LogP contribution is -2.45. The first kappa shape index (κ1) is 9.36. The van der Waals surface area contributed by atoms with E-state index in [-0.39, 0.29) is 12.3 Å². The minimum Gasteiger partial charge on any atom is -0.392 e. The molecule has 4 unspecified atom stereocenters. The molecule has 2 aliphatic heterocycles. The van der Waals surface area contributed by atoms with Gasteiger partial charge in [0.05, 0.1) is 12.2 Å². The second-order valence-electron chi connectivity index (χ2n) is 3.77. The summed E-state index contributed by atoms with van der Waals surface area (Å²) in [6.07, 6.45) is -1.41. The lowest BCUT2D eigenvalue weighted by atomic mass is 10.2. The Hall–Kier alpha value is -0.200. The molecule has 0 amide bonds. The maximum Gasteiger partial charge on any atom is 0.111 e. The van der Waals surface area contributed by atoms with Crippen LogP contribution in [0.2, 0.25) is 0 Å². The van der Waals surface area contributed by atoms with E-state index < -0.39 is 12.2 Å². The van der Waals surface area contributed by atoms with Crippen molar-refractivity contribution >= 4 is 0 Å². The molecule has 2 saturated heterocycles. The average Bonchev–Trinajstić information content (AvgIpc) is 2.62. The van der Waals surface area contributed by atoms with Gasteiger partial charge >= 0.3 is 0 Å². The van der Waals surface area contributed by atoms with Crippen molar-refractivity contribution in [2.75, 3.05) is 19.6 Å². The van der Waals surface area contributed by atoms with E-state index in [1.807, 2.05) is 4.90 Å². The number of likely N-dealkylation sites (tertiary alicyclic amines) is 1. The molecule has 2 fully saturated rings. The molecule has 0 aromatic carbocycles. The van der Waals surface area contributed by atoms with Gasteiger partial charge < -0.3 is 15.3 Å². The highest BCUT2D eigenvalue weighted by Gasteiger charge is 2.40. The van der Waals surface area contributed by atoms with Crippen LogP contribution in [0.5, 0.6) is 0 Å². The van der Waals surface area contributed by atoms with Crippen LogP contribution in [0.3, 0.4) is 0 Å². The molecule has 2 rings (SSSR count). The quantitative estimate of drug-likeness (QED) is 0.432. The van der Waals surface area contributed by atoms with E-state index in [1.165, 1.54) is 0 Å². The molecule has 0 aliphatic carbocycles. The van der Waals surface area contributed by atoms with Crippen molar-refractivity contribution in [2.45, 2.75) is 30.9 Å². The number of aliphatic hydroxyl groups is 3. The van der Waals surface area contributed by atoms with Gasteiger partial charge in [0, 0.05) is 19.6 Å². The van der Waals surface area contributed by atoms with Crippen LogP contribution < -0.4 is 5.32 Å². The minimum absolute atomic E-state index is 0.304. The van der Waals surface area contributed by atoms with Crippen molar-refractivity contribution in [3.63, 3.8) is 0 Å². The number of β-amino-alcohol motifs (C(OH)–C–C–N with tert-alkyl or cyclic N) is 1. The van der Waals surface area contributed by atoms with Crippen LogP contribution >= 0.6 is 0 Å². The lowest BCUT2D eigenvalue weighted by molar-refractivity contribution is 0.00203. The van der Waals surface area contributed by atoms with Crippen molar-refractivity contribution < 1.29 is 15.3 Å². The number of aliphatic hydroxyl groups excluding tert-OH is 3. The summed E-state index contributed by atoms with van der Waals surface area (Å²) in [5.74, 6) is 0. The minimum atomic E-state index is -0.787. The van der Waals surface area contributed by atoms with Gasteiger partial charge in [-0.05, 0) is 6.42 Å². The van der Waals surface area contributed by atoms with Gasteiger partial charge in [-0.2, -0.15) is 0 Å². The molecule has 1 radical (unpaired) electrons. The normalized spacial score (nSPS) is 47.3. The first-order valence-electron chi connectivity index (χ1n) is 4.63. The van der Waals surface area contributed by atoms with Crippen LogP contribution in [-0.2, 0) is 0 Å². The van der Waals surface area contributed by atoms with Crippen molar-refractivity contribution in [3.05, 3.63) is 0 Å². The molecule has 0 bridgehead atoms. The Balaban J connectivity index is 1.94. The number of rotatable bonds is 1. The smallest absolute Gasteiger partial charge is 0.111 e. The molecule has 0 aromatic heterocycles. The first-order chi connectivity index (χ1) is 6.18. The third-order valence-electron chi connectivity index (χ3n) is 2.75. The van der Waals surface area contributed by atoms with Gasteiger partial charge in [-0.25, -0.2) is 5.32 Å². The maximum absolute atomic E-state index is 9.54. The Kier molecular flexibility index (Phi) is 2.53. The summed E-state index contributed by atoms with van der Waals surface area (Å²) < 4.78 is 0. The van der Waals surface area contributed by atoms with E-state index in [0.717, 1.165) is 13.0 Å². The second-order valence-corrected chi connectivity index (χ2v) is 3.77. The monoisotopic (exact) mass is 187 g/mol. The number of hydrogen-bond donors (Lipinski definition) is 3. The predicted molar refractivity (Wildman–Crippen MR) is 45.0 cm³/mol. The SMILES string of the molecule is OC1CCN(C2[N]CC(O)C2O)C1. The summed E-state index contributed by atoms with van der Waals surface area (Å²) in [6, 6.07) is 0. The van der Waals surface area contributed by atoms with E-state index in [2.05, 4.69) is 5.32 Å². The Bertz CT molecular complexity index is 190. The van der Waals surface area contributed by atoms with E-state index >= 15 is 0 Å². The molecule has 0 spiro atoms. The Morgan fingerprint density at radius 2 is 2.00 bits per heavy atom. The molecule has 2 aliphatic rings. The Labute approximate surface area is 77.0 Å². The van der Waals surface area contributed by atoms with Crippen molar-refractivity contribution in [2.24, 2.45) is 0 Å². The standard InChI is InChI=1S/C8H15N2O3/c11-5-1-2-10(4-5)8-7(13)6(12)3-9-8/h5-8,11-13H,1-4H2. The van der Waals surface area contributed by atoms with E-state index in [1.54, 1.807) is 0 Å². The lowest BCUT2D eigenvalue weighted by Gasteiger charge is -2.25. The highest BCUT2D eigenvalue weighted by atomic mass is 16.3. The van der Waals surface area contributed by atoms with Crippen LogP contribution in [0.15, 0.2) is 0 Å². The topological polar surface area (TPSA) is 78.0 Å². The zero-order valence-electron chi connectivity index (χ0n) is 7.37. The zero-order chi connectivity index (χ0) is 9.42. The van der Waals surface area contributed by atoms with Gasteiger partial charge in [-0.1, -0.05) is 0 Å². The average molecular weight is 187 g/mol. The highest BCUT2D eigenvalue weighted by Crippen LogP contribution is 2.19. The molecule has 13 heavy (non-hydrogen) atoms. The van der Waals surface area contributed by atoms with Gasteiger partial charge in [0.2, 0.25) is 0 Å². The first-order valence-corrected chi connectivity index (χ1v) is 4.63. The Morgan fingerprint density at radius 1 is 1.23 bits per heavy atom. The molecule has 0 saturated carbocycles. The zero-order valence-corrected chi connectivity index (χ0v) is 7.37. The summed E-state index contributed by atoms with van der Waals surface area (Å²) in [5.41, 5.74) is 0. The Morgan fingerprint density at radius 3 is 2.46 bits per heavy atom. The molecule has 75 valence electrons. The molecule has 5 nitrogen and oxygen atoms in total. The van der Waals surface area contributed by atoms with E-state index in [0.29, 0.717) is 13.1 Å². The van der Waals surface area contributed by atoms with E-state index in [4.69, 9.17) is 0 Å². The third kappa shape index (κ3) is 1.70. The maximum atomic E-state index is 9.54. The molecule has 3 N–H and O–H groups in total. The molecule has 5 heteroatoms. The largest absolute Gasteiger partial charge is 0.392 e. The molecule has 2 heterocycles. The highest BCUT2D eigenvalue weighted by molar-refractivity contribution is 4.92. The van der Waals surface area contributed by atoms with Gasteiger partial charge in [-0.3, -0.25) is 4.90 Å². The number of nitrogens with zero attached hydrogens (tertiary/aromatic N) is 2. The second kappa shape index (κ2) is 3.51. The van der Waals surface area contributed by atoms with Crippen LogP contribution in [0.4, 0.5) is 0 Å². The fourth-order valence-corrected chi connectivity index (χ4v) is 1.97. The number of hydrogen-bond acceptors (Lipinski definition) is 4. The van der Waals surface area contributed by atoms with Crippen LogP contribution in [-0.4, -0.2) is 64.3 Å². The van der Waals surface area contributed by atoms with Gasteiger partial charge in [0.1, 0.15) is 12.3 Å². The summed E-state index contributed by atoms with van der Waals surface area (Å²) in [6.45, 7) is 1.61. The van der Waals surface area contributed by atoms with E-state index in [9.17, 15) is 15.3 Å². The van der Waals surface area contributed by atoms with Crippen LogP contribution in [0.25, 0.3) is 0 Å². The third-order valence-corrected chi connectivity index (χ3v) is 2.75. The fraction of sp³-hybridized carbons (Fsp3) is 1.00. The predicted octanol–water partition coefficient (Wildman–Crippen LogP) is -2.28. The van der Waals surface area contributed by atoms with Crippen LogP contribution in [0, 0.1) is 0 Å². The summed E-state index contributed by atoms with van der Waals surface area (Å²) in [7, 11) is 0. The van der Waals surface area contributed by atoms with Gasteiger partial charge in [0.15, 0.2) is 0 Å². The van der Waals surface area contributed by atoms with Crippen molar-refractivity contribution in [3.8, 4) is 0 Å². The molecular formula is C8H15N2O3. The summed E-state index contributed by atoms with van der Waals surface area (Å²) in [5, 5.41) is 32.2. The van der Waals surface area contributed by atoms with Gasteiger partial charge in [0.25, 0.3) is 0 Å². The summed E-state index contributed by atoms with van der Waals surface area (Å²) >= 11 is 0. The fourth-order valence-electron chi connectivity index (χ4n) is 1.97. The molecule has 4 atom stereocenters. The van der Waals surface area contributed by atoms with Crippen molar-refractivity contribution in [1.29, 1.82) is 0 Å². The molecular weight excluding hydrogens is 172 g/mol. The molecule has 0 aromatic rings. The van der Waals surface area contributed by atoms with Crippen molar-refractivity contribution in [1.82, 2.24) is 10.2 Å². The van der Waals surface area contributed by atoms with Crippen LogP contribution in [0.1, 0.15) is 6.42 Å². The van der Waals surface area contributed by atoms with Gasteiger partial charge in [-0.15, -0.1) is 0 Å². The summed E-state index contributed by atoms with van der Waals surface area (Å²) in [4.78, 5) is 1.92.